The van der Waals surface area contributed by atoms with Gasteiger partial charge in [-0.3, -0.25) is 0 Å². The monoisotopic (exact) mass is 351 g/mol. The first-order valence-electron chi connectivity index (χ1n) is 9.31. The molecule has 2 aliphatic heterocycles. The van der Waals surface area contributed by atoms with E-state index in [1.165, 1.54) is 0 Å². The summed E-state index contributed by atoms with van der Waals surface area (Å²) in [5.41, 5.74) is 4.12. The minimum absolute atomic E-state index is 0.489. The molecule has 0 aliphatic carbocycles. The number of piperidine rings is 1. The Balaban J connectivity index is 1.48. The van der Waals surface area contributed by atoms with Crippen molar-refractivity contribution in [3.05, 3.63) is 36.3 Å². The molecule has 1 fully saturated rings. The van der Waals surface area contributed by atoms with Gasteiger partial charge in [-0.15, -0.1) is 0 Å². The smallest absolute Gasteiger partial charge is 0.300 e. The van der Waals surface area contributed by atoms with Crippen LogP contribution >= 0.6 is 0 Å². The maximum absolute atomic E-state index is 5.70. The molecule has 3 aromatic rings. The van der Waals surface area contributed by atoms with Crippen LogP contribution in [0.25, 0.3) is 22.3 Å². The summed E-state index contributed by atoms with van der Waals surface area (Å²) in [4.78, 5) is 11.8. The van der Waals surface area contributed by atoms with Crippen molar-refractivity contribution in [3.8, 4) is 22.8 Å². The molecule has 2 unspecified atom stereocenters. The van der Waals surface area contributed by atoms with E-state index < -0.39 is 0 Å². The number of H-pyrrole nitrogens is 2. The molecule has 4 heterocycles. The predicted molar refractivity (Wildman–Crippen MR) is 98.5 cm³/mol. The van der Waals surface area contributed by atoms with Crippen molar-refractivity contribution < 1.29 is 14.5 Å². The molecular weight excluding hydrogens is 328 g/mol. The molecule has 1 aromatic carbocycles. The van der Waals surface area contributed by atoms with Gasteiger partial charge in [-0.25, -0.2) is 4.98 Å². The Labute approximate surface area is 152 Å². The summed E-state index contributed by atoms with van der Waals surface area (Å²) in [5.74, 6) is 3.18. The topological polar surface area (TPSA) is 73.3 Å². The zero-order chi connectivity index (χ0) is 17.5. The Hall–Kier alpha value is -2.60. The minimum Gasteiger partial charge on any atom is -0.486 e. The third kappa shape index (κ3) is 2.80. The predicted octanol–water partition coefficient (Wildman–Crippen LogP) is 2.67. The molecule has 2 aliphatic rings. The average Bonchev–Trinajstić information content (AvgIpc) is 3.11. The van der Waals surface area contributed by atoms with Gasteiger partial charge in [0, 0.05) is 17.7 Å². The molecule has 1 saturated heterocycles. The van der Waals surface area contributed by atoms with Crippen molar-refractivity contribution in [2.45, 2.75) is 31.7 Å². The molecular formula is C20H23N4O2+. The first-order chi connectivity index (χ1) is 12.8. The summed E-state index contributed by atoms with van der Waals surface area (Å²) >= 11 is 0. The van der Waals surface area contributed by atoms with Gasteiger partial charge in [0.2, 0.25) is 5.52 Å². The van der Waals surface area contributed by atoms with Gasteiger partial charge in [0.15, 0.2) is 11.5 Å². The number of nitrogens with one attached hydrogen (secondary N) is 3. The van der Waals surface area contributed by atoms with E-state index in [-0.39, 0.29) is 0 Å². The molecule has 0 bridgehead atoms. The molecule has 0 amide bonds. The van der Waals surface area contributed by atoms with Crippen molar-refractivity contribution in [2.24, 2.45) is 0 Å². The Kier molecular flexibility index (Phi) is 3.78. The largest absolute Gasteiger partial charge is 0.486 e. The molecule has 3 N–H and O–H groups in total. The van der Waals surface area contributed by atoms with Crippen LogP contribution in [0.15, 0.2) is 30.5 Å². The van der Waals surface area contributed by atoms with Gasteiger partial charge in [0.1, 0.15) is 24.9 Å². The lowest BCUT2D eigenvalue weighted by atomic mass is 9.92. The zero-order valence-electron chi connectivity index (χ0n) is 14.8. The molecule has 134 valence electrons. The van der Waals surface area contributed by atoms with E-state index in [2.05, 4.69) is 34.3 Å². The average molecular weight is 351 g/mol. The molecule has 6 nitrogen and oxygen atoms in total. The number of fused-ring (bicyclic) bond motifs is 2. The number of aromatic amines is 2. The van der Waals surface area contributed by atoms with E-state index in [9.17, 15) is 0 Å². The van der Waals surface area contributed by atoms with Gasteiger partial charge in [0.05, 0.1) is 11.6 Å². The molecule has 6 heteroatoms. The van der Waals surface area contributed by atoms with Gasteiger partial charge in [-0.1, -0.05) is 0 Å². The van der Waals surface area contributed by atoms with Crippen LogP contribution in [0, 0.1) is 0 Å². The number of hydrogen-bond acceptors (Lipinski definition) is 4. The summed E-state index contributed by atoms with van der Waals surface area (Å²) in [6.45, 7) is 4.49. The minimum atomic E-state index is 0.489. The maximum atomic E-state index is 5.70. The number of nitrogens with zero attached hydrogens (tertiary/aromatic N) is 1. The van der Waals surface area contributed by atoms with E-state index in [1.54, 1.807) is 0 Å². The van der Waals surface area contributed by atoms with Gasteiger partial charge >= 0.3 is 0 Å². The Bertz CT molecular complexity index is 952. The second-order valence-corrected chi connectivity index (χ2v) is 7.20. The molecule has 5 rings (SSSR count). The number of benzene rings is 1. The normalized spacial score (nSPS) is 22.5. The van der Waals surface area contributed by atoms with Crippen molar-refractivity contribution >= 4 is 11.0 Å². The number of ether oxygens (including phenoxy) is 2. The van der Waals surface area contributed by atoms with Gasteiger partial charge < -0.3 is 19.8 Å². The van der Waals surface area contributed by atoms with Crippen LogP contribution in [0.3, 0.4) is 0 Å². The van der Waals surface area contributed by atoms with Crippen LogP contribution in [0.1, 0.15) is 31.5 Å². The standard InChI is InChI=1S/C20H22N4O2/c1-12-8-14(4-5-21-12)20-22-11-17-16(24-20)10-15(23-17)13-2-3-18-19(9-13)26-7-6-25-18/h2-3,9-12,14,21,23H,4-8H2,1H3/p+1. The quantitative estimate of drug-likeness (QED) is 0.744. The fraction of sp³-hybridized carbons (Fsp3) is 0.400. The van der Waals surface area contributed by atoms with Crippen LogP contribution in [-0.4, -0.2) is 35.8 Å². The molecule has 2 aromatic heterocycles. The molecule has 0 spiro atoms. The van der Waals surface area contributed by atoms with Crippen LogP contribution in [-0.2, 0) is 0 Å². The Morgan fingerprint density at radius 3 is 2.92 bits per heavy atom. The number of aromatic nitrogens is 3. The summed E-state index contributed by atoms with van der Waals surface area (Å²) in [6.07, 6.45) is 4.28. The van der Waals surface area contributed by atoms with Crippen molar-refractivity contribution in [1.82, 2.24) is 15.3 Å². The third-order valence-corrected chi connectivity index (χ3v) is 5.30. The third-order valence-electron chi connectivity index (χ3n) is 5.30. The SMILES string of the molecule is CC1CC(c2nc3cc(-c4ccc5c(c4)OCCO5)[nH]c3c[nH+]2)CCN1. The molecule has 2 atom stereocenters. The molecule has 0 radical (unpaired) electrons. The zero-order valence-corrected chi connectivity index (χ0v) is 14.8. The van der Waals surface area contributed by atoms with E-state index in [0.717, 1.165) is 59.0 Å². The van der Waals surface area contributed by atoms with Crippen LogP contribution < -0.4 is 19.8 Å². The van der Waals surface area contributed by atoms with E-state index in [4.69, 9.17) is 14.5 Å². The summed E-state index contributed by atoms with van der Waals surface area (Å²) in [7, 11) is 0. The van der Waals surface area contributed by atoms with E-state index in [0.29, 0.717) is 25.2 Å². The first-order valence-corrected chi connectivity index (χ1v) is 9.31. The number of rotatable bonds is 2. The first kappa shape index (κ1) is 15.6. The fourth-order valence-corrected chi connectivity index (χ4v) is 3.93. The molecule has 0 saturated carbocycles. The fourth-order valence-electron chi connectivity index (χ4n) is 3.93. The Morgan fingerprint density at radius 2 is 2.04 bits per heavy atom. The van der Waals surface area contributed by atoms with Gasteiger partial charge in [-0.05, 0) is 49.5 Å². The highest BCUT2D eigenvalue weighted by atomic mass is 16.6. The van der Waals surface area contributed by atoms with Crippen LogP contribution in [0.4, 0.5) is 0 Å². The van der Waals surface area contributed by atoms with Crippen molar-refractivity contribution in [3.63, 3.8) is 0 Å². The summed E-state index contributed by atoms with van der Waals surface area (Å²) in [5, 5.41) is 3.50. The highest BCUT2D eigenvalue weighted by molar-refractivity contribution is 5.82. The van der Waals surface area contributed by atoms with Crippen molar-refractivity contribution in [2.75, 3.05) is 19.8 Å². The highest BCUT2D eigenvalue weighted by Crippen LogP contribution is 2.35. The summed E-state index contributed by atoms with van der Waals surface area (Å²) < 4.78 is 11.3. The van der Waals surface area contributed by atoms with E-state index >= 15 is 0 Å². The van der Waals surface area contributed by atoms with Crippen LogP contribution in [0.2, 0.25) is 0 Å². The Morgan fingerprint density at radius 1 is 1.15 bits per heavy atom. The van der Waals surface area contributed by atoms with E-state index in [1.807, 2.05) is 18.3 Å². The number of hydrogen-bond donors (Lipinski definition) is 2. The highest BCUT2D eigenvalue weighted by Gasteiger charge is 2.27. The van der Waals surface area contributed by atoms with Gasteiger partial charge in [-0.2, -0.15) is 0 Å². The second-order valence-electron chi connectivity index (χ2n) is 7.20. The lowest BCUT2D eigenvalue weighted by molar-refractivity contribution is -0.397. The second kappa shape index (κ2) is 6.29. The lowest BCUT2D eigenvalue weighted by Crippen LogP contribution is -2.36. The summed E-state index contributed by atoms with van der Waals surface area (Å²) in [6, 6.07) is 8.70. The van der Waals surface area contributed by atoms with Crippen LogP contribution in [0.5, 0.6) is 11.5 Å². The molecule has 26 heavy (non-hydrogen) atoms. The lowest BCUT2D eigenvalue weighted by Gasteiger charge is -2.24. The van der Waals surface area contributed by atoms with Gasteiger partial charge in [0.25, 0.3) is 5.82 Å². The van der Waals surface area contributed by atoms with Crippen molar-refractivity contribution in [1.29, 1.82) is 0 Å². The maximum Gasteiger partial charge on any atom is 0.300 e.